The number of hydrogen-bond acceptors (Lipinski definition) is 3. The van der Waals surface area contributed by atoms with Gasteiger partial charge in [0.05, 0.1) is 0 Å². The minimum atomic E-state index is 0.107. The number of guanidine groups is 1. The van der Waals surface area contributed by atoms with E-state index >= 15 is 0 Å². The Bertz CT molecular complexity index is 441. The zero-order valence-corrected chi connectivity index (χ0v) is 15.9. The molecule has 1 unspecified atom stereocenters. The Morgan fingerprint density at radius 2 is 2.04 bits per heavy atom. The van der Waals surface area contributed by atoms with Crippen molar-refractivity contribution >= 4 is 17.3 Å². The summed E-state index contributed by atoms with van der Waals surface area (Å²) >= 11 is 1.74. The summed E-state index contributed by atoms with van der Waals surface area (Å²) in [5.41, 5.74) is 1.48. The van der Waals surface area contributed by atoms with Crippen molar-refractivity contribution in [3.05, 3.63) is 22.4 Å². The topological polar surface area (TPSA) is 56.7 Å². The van der Waals surface area contributed by atoms with Crippen LogP contribution in [0.2, 0.25) is 0 Å². The Kier molecular flexibility index (Phi) is 9.26. The molecule has 0 amide bonds. The van der Waals surface area contributed by atoms with Gasteiger partial charge in [-0.3, -0.25) is 4.99 Å². The van der Waals surface area contributed by atoms with Crippen LogP contribution in [0.15, 0.2) is 21.8 Å². The molecule has 1 aromatic heterocycles. The predicted molar refractivity (Wildman–Crippen MR) is 101 cm³/mol. The van der Waals surface area contributed by atoms with E-state index < -0.39 is 0 Å². The summed E-state index contributed by atoms with van der Waals surface area (Å²) in [4.78, 5) is 4.79. The number of nitrogens with one attached hydrogen (secondary N) is 2. The number of hydrogen-bond donors (Lipinski definition) is 3. The molecule has 1 atom stereocenters. The van der Waals surface area contributed by atoms with E-state index in [4.69, 9.17) is 4.99 Å². The molecule has 0 saturated carbocycles. The van der Waals surface area contributed by atoms with Crippen LogP contribution in [0.4, 0.5) is 0 Å². The molecule has 0 saturated heterocycles. The van der Waals surface area contributed by atoms with Crippen molar-refractivity contribution in [2.24, 2.45) is 10.4 Å². The van der Waals surface area contributed by atoms with Gasteiger partial charge in [0.25, 0.3) is 0 Å². The smallest absolute Gasteiger partial charge is 0.191 e. The van der Waals surface area contributed by atoms with Crippen molar-refractivity contribution in [3.8, 4) is 0 Å². The lowest BCUT2D eigenvalue weighted by Gasteiger charge is -2.29. The van der Waals surface area contributed by atoms with E-state index in [1.165, 1.54) is 5.56 Å². The molecule has 132 valence electrons. The van der Waals surface area contributed by atoms with Gasteiger partial charge in [0.2, 0.25) is 0 Å². The first-order valence-corrected chi connectivity index (χ1v) is 9.70. The van der Waals surface area contributed by atoms with Gasteiger partial charge < -0.3 is 15.7 Å². The molecule has 23 heavy (non-hydrogen) atoms. The SMILES string of the molecule is CCNC(=NCC(CC)(CC)CCO)NCC(C)c1ccsc1. The first-order valence-electron chi connectivity index (χ1n) is 8.76. The van der Waals surface area contributed by atoms with Crippen molar-refractivity contribution in [1.82, 2.24) is 10.6 Å². The molecule has 1 aromatic rings. The Labute approximate surface area is 145 Å². The van der Waals surface area contributed by atoms with Gasteiger partial charge in [-0.25, -0.2) is 0 Å². The van der Waals surface area contributed by atoms with Crippen molar-refractivity contribution in [3.63, 3.8) is 0 Å². The van der Waals surface area contributed by atoms with Crippen LogP contribution in [0, 0.1) is 5.41 Å². The van der Waals surface area contributed by atoms with Crippen LogP contribution >= 0.6 is 11.3 Å². The number of aliphatic imine (C=N–C) groups is 1. The molecule has 4 nitrogen and oxygen atoms in total. The number of nitrogens with zero attached hydrogens (tertiary/aromatic N) is 1. The standard InChI is InChI=1S/C18H33N3OS/c1-5-18(6-2,9-10-22)14-21-17(19-7-3)20-12-15(4)16-8-11-23-13-16/h8,11,13,15,22H,5-7,9-10,12,14H2,1-4H3,(H2,19,20,21). The summed E-state index contributed by atoms with van der Waals surface area (Å²) in [5, 5.41) is 20.4. The van der Waals surface area contributed by atoms with Gasteiger partial charge in [0.1, 0.15) is 0 Å². The molecule has 0 bridgehead atoms. The highest BCUT2D eigenvalue weighted by molar-refractivity contribution is 7.07. The first kappa shape index (κ1) is 20.0. The lowest BCUT2D eigenvalue weighted by molar-refractivity contribution is 0.175. The van der Waals surface area contributed by atoms with Gasteiger partial charge in [-0.1, -0.05) is 20.8 Å². The van der Waals surface area contributed by atoms with Crippen LogP contribution in [0.1, 0.15) is 58.4 Å². The third-order valence-electron chi connectivity index (χ3n) is 4.75. The molecule has 0 fully saturated rings. The monoisotopic (exact) mass is 339 g/mol. The molecule has 1 rings (SSSR count). The van der Waals surface area contributed by atoms with Crippen molar-refractivity contribution in [2.45, 2.75) is 52.9 Å². The maximum Gasteiger partial charge on any atom is 0.191 e. The second-order valence-electron chi connectivity index (χ2n) is 6.21. The minimum absolute atomic E-state index is 0.107. The molecule has 0 spiro atoms. The van der Waals surface area contributed by atoms with Crippen LogP contribution in [0.5, 0.6) is 0 Å². The van der Waals surface area contributed by atoms with Gasteiger partial charge in [0.15, 0.2) is 5.96 Å². The number of aliphatic hydroxyl groups is 1. The summed E-state index contributed by atoms with van der Waals surface area (Å²) in [6.07, 6.45) is 2.89. The van der Waals surface area contributed by atoms with Crippen LogP contribution in [-0.4, -0.2) is 37.3 Å². The van der Waals surface area contributed by atoms with Gasteiger partial charge in [-0.05, 0) is 59.9 Å². The predicted octanol–water partition coefficient (Wildman–Crippen LogP) is 3.60. The largest absolute Gasteiger partial charge is 0.396 e. The third-order valence-corrected chi connectivity index (χ3v) is 5.45. The molecule has 5 heteroatoms. The molecule has 3 N–H and O–H groups in total. The Balaban J connectivity index is 2.64. The Morgan fingerprint density at radius 1 is 1.30 bits per heavy atom. The highest BCUT2D eigenvalue weighted by atomic mass is 32.1. The number of thiophene rings is 1. The fourth-order valence-corrected chi connectivity index (χ4v) is 3.44. The quantitative estimate of drug-likeness (QED) is 0.451. The van der Waals surface area contributed by atoms with Crippen LogP contribution < -0.4 is 10.6 Å². The van der Waals surface area contributed by atoms with Crippen molar-refractivity contribution < 1.29 is 5.11 Å². The summed E-state index contributed by atoms with van der Waals surface area (Å²) in [7, 11) is 0. The van der Waals surface area contributed by atoms with Gasteiger partial charge in [-0.2, -0.15) is 11.3 Å². The molecule has 0 aromatic carbocycles. The third kappa shape index (κ3) is 6.51. The number of rotatable bonds is 10. The van der Waals surface area contributed by atoms with E-state index in [0.717, 1.165) is 44.9 Å². The van der Waals surface area contributed by atoms with Crippen molar-refractivity contribution in [2.75, 3.05) is 26.2 Å². The normalized spacial score (nSPS) is 13.9. The maximum absolute atomic E-state index is 9.34. The van der Waals surface area contributed by atoms with Crippen LogP contribution in [0.3, 0.4) is 0 Å². The van der Waals surface area contributed by atoms with Crippen LogP contribution in [-0.2, 0) is 0 Å². The second kappa shape index (κ2) is 10.7. The van der Waals surface area contributed by atoms with E-state index in [2.05, 4.69) is 55.2 Å². The summed E-state index contributed by atoms with van der Waals surface area (Å²) in [6, 6.07) is 2.18. The average Bonchev–Trinajstić information content (AvgIpc) is 3.10. The summed E-state index contributed by atoms with van der Waals surface area (Å²) < 4.78 is 0. The zero-order chi connectivity index (χ0) is 17.1. The second-order valence-corrected chi connectivity index (χ2v) is 6.99. The average molecular weight is 340 g/mol. The van der Waals surface area contributed by atoms with E-state index in [9.17, 15) is 5.11 Å². The lowest BCUT2D eigenvalue weighted by Crippen LogP contribution is -2.40. The molecular formula is C18H33N3OS. The minimum Gasteiger partial charge on any atom is -0.396 e. The van der Waals surface area contributed by atoms with E-state index in [-0.39, 0.29) is 12.0 Å². The lowest BCUT2D eigenvalue weighted by atomic mass is 9.79. The Hall–Kier alpha value is -1.07. The van der Waals surface area contributed by atoms with E-state index in [1.54, 1.807) is 11.3 Å². The molecule has 0 radical (unpaired) electrons. The fourth-order valence-electron chi connectivity index (χ4n) is 2.65. The molecule has 1 heterocycles. The van der Waals surface area contributed by atoms with Gasteiger partial charge in [-0.15, -0.1) is 0 Å². The fraction of sp³-hybridized carbons (Fsp3) is 0.722. The molecule has 0 aliphatic rings. The van der Waals surface area contributed by atoms with Gasteiger partial charge in [0, 0.05) is 26.2 Å². The zero-order valence-electron chi connectivity index (χ0n) is 15.1. The van der Waals surface area contributed by atoms with E-state index in [0.29, 0.717) is 5.92 Å². The summed E-state index contributed by atoms with van der Waals surface area (Å²) in [5.74, 6) is 1.34. The van der Waals surface area contributed by atoms with Gasteiger partial charge >= 0.3 is 0 Å². The molecular weight excluding hydrogens is 306 g/mol. The Morgan fingerprint density at radius 3 is 2.57 bits per heavy atom. The first-order chi connectivity index (χ1) is 11.1. The maximum atomic E-state index is 9.34. The van der Waals surface area contributed by atoms with E-state index in [1.807, 2.05) is 0 Å². The van der Waals surface area contributed by atoms with Crippen molar-refractivity contribution in [1.29, 1.82) is 0 Å². The highest BCUT2D eigenvalue weighted by Gasteiger charge is 2.25. The molecule has 0 aliphatic carbocycles. The molecule has 0 aliphatic heterocycles. The highest BCUT2D eigenvalue weighted by Crippen LogP contribution is 2.30. The van der Waals surface area contributed by atoms with Crippen LogP contribution in [0.25, 0.3) is 0 Å². The summed E-state index contributed by atoms with van der Waals surface area (Å²) in [6.45, 7) is 11.4. The number of aliphatic hydroxyl groups excluding tert-OH is 1.